The largest absolute Gasteiger partial charge is 0.463 e. The number of nitriles is 1. The standard InChI is InChI=1S/C9H9N3O2/c1-12-6-7(4-3-5-10)11-8(12)9(13)14-2/h3-4,6H,1-2H3. The minimum atomic E-state index is -0.496. The van der Waals surface area contributed by atoms with Gasteiger partial charge in [0.2, 0.25) is 5.82 Å². The van der Waals surface area contributed by atoms with E-state index in [0.717, 1.165) is 0 Å². The summed E-state index contributed by atoms with van der Waals surface area (Å²) >= 11 is 0. The molecule has 0 saturated carbocycles. The lowest BCUT2D eigenvalue weighted by atomic mass is 10.4. The first-order valence-electron chi connectivity index (χ1n) is 3.87. The van der Waals surface area contributed by atoms with Gasteiger partial charge in [-0.3, -0.25) is 0 Å². The molecule has 14 heavy (non-hydrogen) atoms. The van der Waals surface area contributed by atoms with Gasteiger partial charge in [0.25, 0.3) is 0 Å². The van der Waals surface area contributed by atoms with Crippen LogP contribution < -0.4 is 0 Å². The van der Waals surface area contributed by atoms with Crippen LogP contribution in [-0.2, 0) is 11.8 Å². The second kappa shape index (κ2) is 4.23. The summed E-state index contributed by atoms with van der Waals surface area (Å²) in [6, 6.07) is 1.84. The third-order valence-electron chi connectivity index (χ3n) is 1.59. The molecule has 1 aromatic heterocycles. The van der Waals surface area contributed by atoms with Gasteiger partial charge in [0.15, 0.2) is 0 Å². The molecule has 0 unspecified atom stereocenters. The molecule has 0 radical (unpaired) electrons. The van der Waals surface area contributed by atoms with Gasteiger partial charge in [0.05, 0.1) is 18.9 Å². The van der Waals surface area contributed by atoms with Crippen molar-refractivity contribution in [3.63, 3.8) is 0 Å². The van der Waals surface area contributed by atoms with E-state index in [1.165, 1.54) is 19.3 Å². The van der Waals surface area contributed by atoms with Crippen LogP contribution in [0, 0.1) is 11.3 Å². The quantitative estimate of drug-likeness (QED) is 0.510. The van der Waals surface area contributed by atoms with Crippen molar-refractivity contribution in [3.05, 3.63) is 23.8 Å². The Morgan fingerprint density at radius 1 is 1.79 bits per heavy atom. The Kier molecular flexibility index (Phi) is 3.02. The van der Waals surface area contributed by atoms with Crippen LogP contribution in [0.4, 0.5) is 0 Å². The molecular weight excluding hydrogens is 182 g/mol. The number of aromatic nitrogens is 2. The molecule has 0 fully saturated rings. The summed E-state index contributed by atoms with van der Waals surface area (Å²) in [5.74, 6) is -0.283. The van der Waals surface area contributed by atoms with Crippen LogP contribution in [0.3, 0.4) is 0 Å². The molecule has 1 rings (SSSR count). The number of esters is 1. The lowest BCUT2D eigenvalue weighted by Crippen LogP contribution is -2.08. The van der Waals surface area contributed by atoms with Gasteiger partial charge in [-0.2, -0.15) is 5.26 Å². The van der Waals surface area contributed by atoms with E-state index in [2.05, 4.69) is 9.72 Å². The third kappa shape index (κ3) is 1.98. The zero-order valence-electron chi connectivity index (χ0n) is 7.89. The summed E-state index contributed by atoms with van der Waals surface area (Å²) in [7, 11) is 2.98. The van der Waals surface area contributed by atoms with Gasteiger partial charge in [0.1, 0.15) is 0 Å². The number of carbonyl (C=O) groups is 1. The van der Waals surface area contributed by atoms with Gasteiger partial charge in [-0.25, -0.2) is 9.78 Å². The second-order valence-electron chi connectivity index (χ2n) is 2.55. The maximum absolute atomic E-state index is 11.1. The van der Waals surface area contributed by atoms with Crippen LogP contribution in [-0.4, -0.2) is 22.6 Å². The highest BCUT2D eigenvalue weighted by Gasteiger charge is 2.12. The molecule has 1 aromatic rings. The first kappa shape index (κ1) is 9.99. The average Bonchev–Trinajstić information content (AvgIpc) is 2.55. The molecule has 0 bridgehead atoms. The number of allylic oxidation sites excluding steroid dienone is 1. The lowest BCUT2D eigenvalue weighted by molar-refractivity contribution is 0.0583. The predicted molar refractivity (Wildman–Crippen MR) is 49.2 cm³/mol. The number of hydrogen-bond acceptors (Lipinski definition) is 4. The molecule has 0 spiro atoms. The molecule has 72 valence electrons. The normalized spacial score (nSPS) is 10.1. The molecule has 5 nitrogen and oxygen atoms in total. The van der Waals surface area contributed by atoms with E-state index >= 15 is 0 Å². The number of nitrogens with zero attached hydrogens (tertiary/aromatic N) is 3. The monoisotopic (exact) mass is 191 g/mol. The molecule has 0 saturated heterocycles. The highest BCUT2D eigenvalue weighted by molar-refractivity contribution is 5.85. The zero-order chi connectivity index (χ0) is 10.6. The fourth-order valence-electron chi connectivity index (χ4n) is 0.973. The van der Waals surface area contributed by atoms with Crippen LogP contribution in [0.1, 0.15) is 16.3 Å². The van der Waals surface area contributed by atoms with E-state index in [1.54, 1.807) is 17.8 Å². The molecular formula is C9H9N3O2. The molecule has 0 aliphatic heterocycles. The van der Waals surface area contributed by atoms with Crippen LogP contribution in [0.5, 0.6) is 0 Å². The van der Waals surface area contributed by atoms with Gasteiger partial charge < -0.3 is 9.30 Å². The third-order valence-corrected chi connectivity index (χ3v) is 1.59. The molecule has 0 N–H and O–H groups in total. The molecule has 0 atom stereocenters. The minimum Gasteiger partial charge on any atom is -0.463 e. The Hall–Kier alpha value is -2.09. The topological polar surface area (TPSA) is 67.9 Å². The number of ether oxygens (including phenoxy) is 1. The minimum absolute atomic E-state index is 0.213. The Bertz CT molecular complexity index is 412. The summed E-state index contributed by atoms with van der Waals surface area (Å²) in [6.45, 7) is 0. The molecule has 1 heterocycles. The van der Waals surface area contributed by atoms with Crippen molar-refractivity contribution in [2.45, 2.75) is 0 Å². The SMILES string of the molecule is COC(=O)c1nc(C=CC#N)cn1C. The van der Waals surface area contributed by atoms with Crippen molar-refractivity contribution in [3.8, 4) is 6.07 Å². The molecule has 0 aliphatic rings. The first-order chi connectivity index (χ1) is 6.69. The number of imidazole rings is 1. The van der Waals surface area contributed by atoms with Crippen LogP contribution in [0.15, 0.2) is 12.3 Å². The Morgan fingerprint density at radius 2 is 2.50 bits per heavy atom. The predicted octanol–water partition coefficient (Wildman–Crippen LogP) is 0.743. The number of rotatable bonds is 2. The number of methoxy groups -OCH3 is 1. The molecule has 0 aromatic carbocycles. The van der Waals surface area contributed by atoms with Crippen molar-refractivity contribution in [1.29, 1.82) is 5.26 Å². The van der Waals surface area contributed by atoms with Gasteiger partial charge >= 0.3 is 5.97 Å². The highest BCUT2D eigenvalue weighted by atomic mass is 16.5. The maximum atomic E-state index is 11.1. The summed E-state index contributed by atoms with van der Waals surface area (Å²) in [4.78, 5) is 15.1. The number of carbonyl (C=O) groups excluding carboxylic acids is 1. The first-order valence-corrected chi connectivity index (χ1v) is 3.87. The second-order valence-corrected chi connectivity index (χ2v) is 2.55. The van der Waals surface area contributed by atoms with Crippen LogP contribution in [0.2, 0.25) is 0 Å². The van der Waals surface area contributed by atoms with Crippen LogP contribution >= 0.6 is 0 Å². The van der Waals surface area contributed by atoms with Crippen molar-refractivity contribution in [1.82, 2.24) is 9.55 Å². The van der Waals surface area contributed by atoms with E-state index in [0.29, 0.717) is 5.69 Å². The lowest BCUT2D eigenvalue weighted by Gasteiger charge is -1.96. The van der Waals surface area contributed by atoms with Crippen molar-refractivity contribution in [2.75, 3.05) is 7.11 Å². The maximum Gasteiger partial charge on any atom is 0.374 e. The fourth-order valence-corrected chi connectivity index (χ4v) is 0.973. The van der Waals surface area contributed by atoms with E-state index < -0.39 is 5.97 Å². The van der Waals surface area contributed by atoms with Crippen LogP contribution in [0.25, 0.3) is 6.08 Å². The zero-order valence-corrected chi connectivity index (χ0v) is 7.89. The van der Waals surface area contributed by atoms with Crippen molar-refractivity contribution < 1.29 is 9.53 Å². The van der Waals surface area contributed by atoms with E-state index in [4.69, 9.17) is 5.26 Å². The Labute approximate surface area is 81.2 Å². The summed E-state index contributed by atoms with van der Waals surface area (Å²) in [5, 5.41) is 8.30. The average molecular weight is 191 g/mol. The summed E-state index contributed by atoms with van der Waals surface area (Å²) in [5.41, 5.74) is 0.550. The van der Waals surface area contributed by atoms with Crippen molar-refractivity contribution in [2.24, 2.45) is 7.05 Å². The molecule has 5 heteroatoms. The summed E-state index contributed by atoms with van der Waals surface area (Å²) in [6.07, 6.45) is 4.45. The van der Waals surface area contributed by atoms with Gasteiger partial charge in [-0.15, -0.1) is 0 Å². The Balaban J connectivity index is 3.00. The van der Waals surface area contributed by atoms with Crippen molar-refractivity contribution >= 4 is 12.0 Å². The highest BCUT2D eigenvalue weighted by Crippen LogP contribution is 2.04. The fraction of sp³-hybridized carbons (Fsp3) is 0.222. The Morgan fingerprint density at radius 3 is 3.07 bits per heavy atom. The van der Waals surface area contributed by atoms with E-state index in [-0.39, 0.29) is 5.82 Å². The van der Waals surface area contributed by atoms with E-state index in [9.17, 15) is 4.79 Å². The summed E-state index contributed by atoms with van der Waals surface area (Å²) < 4.78 is 6.07. The van der Waals surface area contributed by atoms with Gasteiger partial charge in [0, 0.05) is 19.3 Å². The number of hydrogen-bond donors (Lipinski definition) is 0. The van der Waals surface area contributed by atoms with Gasteiger partial charge in [-0.05, 0) is 6.08 Å². The van der Waals surface area contributed by atoms with E-state index in [1.807, 2.05) is 6.07 Å². The number of aryl methyl sites for hydroxylation is 1. The van der Waals surface area contributed by atoms with Gasteiger partial charge in [-0.1, -0.05) is 0 Å². The molecule has 0 amide bonds. The smallest absolute Gasteiger partial charge is 0.374 e. The molecule has 0 aliphatic carbocycles.